The minimum Gasteiger partial charge on any atom is -0.385 e. The number of nitrogens with zero attached hydrogens (tertiary/aromatic N) is 1. The third-order valence-electron chi connectivity index (χ3n) is 3.36. The number of nitrogens with two attached hydrogens (primary N) is 1. The topological polar surface area (TPSA) is 50.9 Å². The van der Waals surface area contributed by atoms with Gasteiger partial charge < -0.3 is 11.1 Å². The summed E-state index contributed by atoms with van der Waals surface area (Å²) in [7, 11) is 0. The zero-order valence-corrected chi connectivity index (χ0v) is 13.3. The van der Waals surface area contributed by atoms with Crippen LogP contribution in [0.3, 0.4) is 0 Å². The van der Waals surface area contributed by atoms with Crippen molar-refractivity contribution in [1.82, 2.24) is 4.98 Å². The van der Waals surface area contributed by atoms with Gasteiger partial charge in [0.2, 0.25) is 0 Å². The Balaban J connectivity index is 2.08. The van der Waals surface area contributed by atoms with E-state index in [0.717, 1.165) is 28.6 Å². The van der Waals surface area contributed by atoms with Crippen molar-refractivity contribution in [1.29, 1.82) is 0 Å². The molecule has 1 heterocycles. The Hall–Kier alpha value is -0.780. The third-order valence-corrected chi connectivity index (χ3v) is 5.36. The summed E-state index contributed by atoms with van der Waals surface area (Å²) in [5.41, 5.74) is 8.04. The van der Waals surface area contributed by atoms with Crippen molar-refractivity contribution >= 4 is 39.0 Å². The van der Waals surface area contributed by atoms with E-state index < -0.39 is 0 Å². The van der Waals surface area contributed by atoms with E-state index in [4.69, 9.17) is 5.73 Å². The van der Waals surface area contributed by atoms with Gasteiger partial charge in [0.25, 0.3) is 0 Å². The third kappa shape index (κ3) is 3.61. The van der Waals surface area contributed by atoms with Gasteiger partial charge in [0.15, 0.2) is 4.34 Å². The van der Waals surface area contributed by atoms with E-state index >= 15 is 0 Å². The van der Waals surface area contributed by atoms with Crippen LogP contribution in [0.4, 0.5) is 5.69 Å². The van der Waals surface area contributed by atoms with Crippen molar-refractivity contribution in [3.63, 3.8) is 0 Å². The number of nitrogens with one attached hydrogen (secondary N) is 1. The van der Waals surface area contributed by atoms with Crippen LogP contribution >= 0.6 is 23.1 Å². The lowest BCUT2D eigenvalue weighted by molar-refractivity contribution is 0.413. The number of thioether (sulfide) groups is 1. The Bertz CT molecular complexity index is 536. The Morgan fingerprint density at radius 1 is 1.42 bits per heavy atom. The second kappa shape index (κ2) is 6.59. The van der Waals surface area contributed by atoms with Gasteiger partial charge in [0.1, 0.15) is 0 Å². The molecule has 104 valence electrons. The number of aromatic nitrogens is 1. The van der Waals surface area contributed by atoms with E-state index in [2.05, 4.69) is 48.6 Å². The van der Waals surface area contributed by atoms with Crippen LogP contribution in [0.25, 0.3) is 10.2 Å². The first kappa shape index (κ1) is 14.6. The van der Waals surface area contributed by atoms with Crippen LogP contribution in [-0.4, -0.2) is 24.3 Å². The van der Waals surface area contributed by atoms with Crippen molar-refractivity contribution < 1.29 is 0 Å². The highest BCUT2D eigenvalue weighted by atomic mass is 32.2. The average Bonchev–Trinajstić information content (AvgIpc) is 2.81. The molecule has 0 radical (unpaired) electrons. The summed E-state index contributed by atoms with van der Waals surface area (Å²) < 4.78 is 2.36. The van der Waals surface area contributed by atoms with E-state index in [0.29, 0.717) is 11.8 Å². The summed E-state index contributed by atoms with van der Waals surface area (Å²) in [5, 5.41) is 3.49. The zero-order valence-electron chi connectivity index (χ0n) is 11.6. The van der Waals surface area contributed by atoms with Crippen LogP contribution in [0.15, 0.2) is 22.5 Å². The van der Waals surface area contributed by atoms with Crippen LogP contribution in [0.1, 0.15) is 13.8 Å². The van der Waals surface area contributed by atoms with Gasteiger partial charge in [-0.3, -0.25) is 0 Å². The fourth-order valence-corrected chi connectivity index (χ4v) is 3.47. The monoisotopic (exact) mass is 295 g/mol. The normalized spacial score (nSPS) is 13.1. The lowest BCUT2D eigenvalue weighted by Gasteiger charge is -2.19. The van der Waals surface area contributed by atoms with Gasteiger partial charge in [0.05, 0.1) is 10.2 Å². The molecular formula is C14H21N3S2. The second-order valence-electron chi connectivity index (χ2n) is 4.99. The minimum absolute atomic E-state index is 0.513. The molecule has 1 atom stereocenters. The lowest BCUT2D eigenvalue weighted by Crippen LogP contribution is -2.27. The summed E-state index contributed by atoms with van der Waals surface area (Å²) in [4.78, 5) is 4.55. The summed E-state index contributed by atoms with van der Waals surface area (Å²) in [6, 6.07) is 6.36. The highest BCUT2D eigenvalue weighted by molar-refractivity contribution is 8.00. The number of fused-ring (bicyclic) bond motifs is 1. The van der Waals surface area contributed by atoms with Crippen LogP contribution in [0.5, 0.6) is 0 Å². The summed E-state index contributed by atoms with van der Waals surface area (Å²) in [6.45, 7) is 6.09. The van der Waals surface area contributed by atoms with Gasteiger partial charge in [0, 0.05) is 12.2 Å². The predicted octanol–water partition coefficient (Wildman–Crippen LogP) is 3.66. The number of hydrogen-bond acceptors (Lipinski definition) is 5. The fourth-order valence-electron chi connectivity index (χ4n) is 1.94. The number of benzene rings is 1. The van der Waals surface area contributed by atoms with Gasteiger partial charge in [-0.05, 0) is 42.8 Å². The quantitative estimate of drug-likeness (QED) is 0.799. The molecule has 0 fully saturated rings. The number of hydrogen-bond donors (Lipinski definition) is 2. The Morgan fingerprint density at radius 2 is 2.21 bits per heavy atom. The molecule has 3 N–H and O–H groups in total. The minimum atomic E-state index is 0.513. The molecule has 0 bridgehead atoms. The van der Waals surface area contributed by atoms with Crippen molar-refractivity contribution in [2.24, 2.45) is 17.6 Å². The molecule has 0 aliphatic carbocycles. The molecule has 0 amide bonds. The molecule has 0 saturated carbocycles. The number of anilines is 1. The number of thiazole rings is 1. The molecule has 1 unspecified atom stereocenters. The molecule has 2 rings (SSSR count). The second-order valence-corrected chi connectivity index (χ2v) is 7.07. The van der Waals surface area contributed by atoms with E-state index in [9.17, 15) is 0 Å². The molecule has 5 heteroatoms. The molecule has 2 aromatic rings. The van der Waals surface area contributed by atoms with Crippen molar-refractivity contribution in [3.8, 4) is 0 Å². The largest absolute Gasteiger partial charge is 0.385 e. The van der Waals surface area contributed by atoms with Crippen molar-refractivity contribution in [2.75, 3.05) is 24.7 Å². The molecule has 0 saturated heterocycles. The molecule has 0 aliphatic rings. The zero-order chi connectivity index (χ0) is 13.8. The Morgan fingerprint density at radius 3 is 2.84 bits per heavy atom. The van der Waals surface area contributed by atoms with E-state index in [1.807, 2.05) is 0 Å². The SMILES string of the molecule is CSc1nc2ccc(NCC(CN)C(C)C)cc2s1. The van der Waals surface area contributed by atoms with E-state index in [1.165, 1.54) is 4.70 Å². The average molecular weight is 295 g/mol. The van der Waals surface area contributed by atoms with Crippen LogP contribution in [0.2, 0.25) is 0 Å². The van der Waals surface area contributed by atoms with Gasteiger partial charge in [-0.25, -0.2) is 4.98 Å². The van der Waals surface area contributed by atoms with Crippen molar-refractivity contribution in [3.05, 3.63) is 18.2 Å². The van der Waals surface area contributed by atoms with Gasteiger partial charge >= 0.3 is 0 Å². The highest BCUT2D eigenvalue weighted by Crippen LogP contribution is 2.30. The summed E-state index contributed by atoms with van der Waals surface area (Å²) in [5.74, 6) is 1.12. The van der Waals surface area contributed by atoms with Gasteiger partial charge in [-0.1, -0.05) is 25.6 Å². The Kier molecular flexibility index (Phi) is 5.07. The maximum atomic E-state index is 5.80. The molecule has 0 aliphatic heterocycles. The molecular weight excluding hydrogens is 274 g/mol. The molecule has 3 nitrogen and oxygen atoms in total. The maximum absolute atomic E-state index is 5.80. The molecule has 0 spiro atoms. The van der Waals surface area contributed by atoms with Crippen LogP contribution in [-0.2, 0) is 0 Å². The first-order valence-corrected chi connectivity index (χ1v) is 8.56. The highest BCUT2D eigenvalue weighted by Gasteiger charge is 2.11. The molecule has 1 aromatic heterocycles. The number of rotatable bonds is 6. The summed E-state index contributed by atoms with van der Waals surface area (Å²) in [6.07, 6.45) is 2.06. The fraction of sp³-hybridized carbons (Fsp3) is 0.500. The molecule has 1 aromatic carbocycles. The first-order valence-electron chi connectivity index (χ1n) is 6.52. The van der Waals surface area contributed by atoms with Crippen LogP contribution < -0.4 is 11.1 Å². The van der Waals surface area contributed by atoms with Gasteiger partial charge in [-0.2, -0.15) is 0 Å². The van der Waals surface area contributed by atoms with Gasteiger partial charge in [-0.15, -0.1) is 11.3 Å². The first-order chi connectivity index (χ1) is 9.13. The van der Waals surface area contributed by atoms with E-state index in [-0.39, 0.29) is 0 Å². The van der Waals surface area contributed by atoms with Crippen molar-refractivity contribution in [2.45, 2.75) is 18.2 Å². The lowest BCUT2D eigenvalue weighted by atomic mass is 9.96. The smallest absolute Gasteiger partial charge is 0.150 e. The Labute approximate surface area is 123 Å². The van der Waals surface area contributed by atoms with Crippen LogP contribution in [0, 0.1) is 11.8 Å². The predicted molar refractivity (Wildman–Crippen MR) is 87.3 cm³/mol. The molecule has 19 heavy (non-hydrogen) atoms. The van der Waals surface area contributed by atoms with E-state index in [1.54, 1.807) is 23.1 Å². The summed E-state index contributed by atoms with van der Waals surface area (Å²) >= 11 is 3.44. The maximum Gasteiger partial charge on any atom is 0.150 e. The standard InChI is InChI=1S/C14H21N3S2/c1-9(2)10(7-15)8-16-11-4-5-12-13(6-11)19-14(17-12)18-3/h4-6,9-10,16H,7-8,15H2,1-3H3.